The molecule has 3 heteroatoms. The van der Waals surface area contributed by atoms with E-state index in [4.69, 9.17) is 11.6 Å². The number of phenols is 1. The van der Waals surface area contributed by atoms with Gasteiger partial charge in [-0.05, 0) is 42.3 Å². The number of hydrogen-bond donors (Lipinski definition) is 2. The van der Waals surface area contributed by atoms with E-state index in [2.05, 4.69) is 24.4 Å². The van der Waals surface area contributed by atoms with Crippen molar-refractivity contribution in [3.8, 4) is 5.75 Å². The van der Waals surface area contributed by atoms with Crippen LogP contribution in [-0.2, 0) is 13.0 Å². The molecule has 94 valence electrons. The van der Waals surface area contributed by atoms with Crippen LogP contribution in [0.15, 0.2) is 42.5 Å². The maximum Gasteiger partial charge on any atom is 0.120 e. The third-order valence-electron chi connectivity index (χ3n) is 2.89. The van der Waals surface area contributed by atoms with Crippen LogP contribution < -0.4 is 5.32 Å². The van der Waals surface area contributed by atoms with Gasteiger partial charge in [0.05, 0.1) is 0 Å². The first kappa shape index (κ1) is 12.8. The Morgan fingerprint density at radius 2 is 1.83 bits per heavy atom. The van der Waals surface area contributed by atoms with Gasteiger partial charge in [-0.1, -0.05) is 30.7 Å². The van der Waals surface area contributed by atoms with Crippen LogP contribution in [-0.4, -0.2) is 5.11 Å². The van der Waals surface area contributed by atoms with E-state index in [0.717, 1.165) is 17.7 Å². The molecule has 0 bridgehead atoms. The standard InChI is InChI=1S/C15H16ClNO/c1-2-11-3-6-14(7-4-11)17-10-12-9-13(16)5-8-15(12)18/h3-9,17-18H,2,10H2,1H3. The van der Waals surface area contributed by atoms with Crippen LogP contribution in [0.3, 0.4) is 0 Å². The average Bonchev–Trinajstić information content (AvgIpc) is 2.40. The Balaban J connectivity index is 2.04. The highest BCUT2D eigenvalue weighted by molar-refractivity contribution is 6.30. The predicted octanol–water partition coefficient (Wildman–Crippen LogP) is 4.22. The number of rotatable bonds is 4. The van der Waals surface area contributed by atoms with Crippen LogP contribution in [0.4, 0.5) is 5.69 Å². The van der Waals surface area contributed by atoms with Crippen molar-refractivity contribution >= 4 is 17.3 Å². The number of hydrogen-bond acceptors (Lipinski definition) is 2. The van der Waals surface area contributed by atoms with Crippen molar-refractivity contribution < 1.29 is 5.11 Å². The molecule has 0 radical (unpaired) electrons. The van der Waals surface area contributed by atoms with Crippen molar-refractivity contribution in [1.82, 2.24) is 0 Å². The Morgan fingerprint density at radius 1 is 1.11 bits per heavy atom. The summed E-state index contributed by atoms with van der Waals surface area (Å²) in [7, 11) is 0. The van der Waals surface area contributed by atoms with E-state index in [1.165, 1.54) is 5.56 Å². The van der Waals surface area contributed by atoms with Crippen molar-refractivity contribution in [2.24, 2.45) is 0 Å². The molecule has 0 fully saturated rings. The number of phenolic OH excluding ortho intramolecular Hbond substituents is 1. The monoisotopic (exact) mass is 261 g/mol. The van der Waals surface area contributed by atoms with Gasteiger partial charge in [0.25, 0.3) is 0 Å². The van der Waals surface area contributed by atoms with Crippen LogP contribution >= 0.6 is 11.6 Å². The first-order valence-electron chi connectivity index (χ1n) is 5.99. The highest BCUT2D eigenvalue weighted by Gasteiger charge is 2.02. The fourth-order valence-electron chi connectivity index (χ4n) is 1.75. The zero-order chi connectivity index (χ0) is 13.0. The summed E-state index contributed by atoms with van der Waals surface area (Å²) in [5.74, 6) is 0.261. The van der Waals surface area contributed by atoms with Gasteiger partial charge < -0.3 is 10.4 Å². The van der Waals surface area contributed by atoms with Crippen LogP contribution in [0.2, 0.25) is 5.02 Å². The average molecular weight is 262 g/mol. The molecule has 2 aromatic carbocycles. The summed E-state index contributed by atoms with van der Waals surface area (Å²) < 4.78 is 0. The summed E-state index contributed by atoms with van der Waals surface area (Å²) >= 11 is 5.90. The fraction of sp³-hybridized carbons (Fsp3) is 0.200. The molecule has 0 saturated carbocycles. The van der Waals surface area contributed by atoms with Gasteiger partial charge in [-0.2, -0.15) is 0 Å². The summed E-state index contributed by atoms with van der Waals surface area (Å²) in [6.07, 6.45) is 1.04. The lowest BCUT2D eigenvalue weighted by Crippen LogP contribution is -1.99. The molecule has 2 aromatic rings. The first-order valence-corrected chi connectivity index (χ1v) is 6.37. The molecule has 0 saturated heterocycles. The van der Waals surface area contributed by atoms with Gasteiger partial charge in [0.2, 0.25) is 0 Å². The van der Waals surface area contributed by atoms with Gasteiger partial charge in [0.1, 0.15) is 5.75 Å². The van der Waals surface area contributed by atoms with Crippen LogP contribution in [0, 0.1) is 0 Å². The minimum Gasteiger partial charge on any atom is -0.508 e. The molecule has 18 heavy (non-hydrogen) atoms. The molecule has 0 aromatic heterocycles. The van der Waals surface area contributed by atoms with Crippen LogP contribution in [0.1, 0.15) is 18.1 Å². The number of benzene rings is 2. The molecule has 0 aliphatic rings. The Kier molecular flexibility index (Phi) is 4.11. The molecule has 0 aliphatic carbocycles. The second kappa shape index (κ2) is 5.78. The summed E-state index contributed by atoms with van der Waals surface area (Å²) in [4.78, 5) is 0. The fourth-order valence-corrected chi connectivity index (χ4v) is 1.95. The van der Waals surface area contributed by atoms with Gasteiger partial charge in [-0.15, -0.1) is 0 Å². The zero-order valence-electron chi connectivity index (χ0n) is 10.3. The van der Waals surface area contributed by atoms with Gasteiger partial charge in [0.15, 0.2) is 0 Å². The molecule has 2 N–H and O–H groups in total. The smallest absolute Gasteiger partial charge is 0.120 e. The molecule has 0 amide bonds. The maximum atomic E-state index is 9.70. The number of nitrogens with one attached hydrogen (secondary N) is 1. The molecule has 0 atom stereocenters. The third-order valence-corrected chi connectivity index (χ3v) is 3.12. The second-order valence-corrected chi connectivity index (χ2v) is 4.61. The Morgan fingerprint density at radius 3 is 2.50 bits per heavy atom. The maximum absolute atomic E-state index is 9.70. The summed E-state index contributed by atoms with van der Waals surface area (Å²) in [5, 5.41) is 13.6. The second-order valence-electron chi connectivity index (χ2n) is 4.18. The normalized spacial score (nSPS) is 10.3. The quantitative estimate of drug-likeness (QED) is 0.864. The molecule has 2 nitrogen and oxygen atoms in total. The number of halogens is 1. The number of aromatic hydroxyl groups is 1. The van der Waals surface area contributed by atoms with Crippen molar-refractivity contribution in [2.45, 2.75) is 19.9 Å². The Hall–Kier alpha value is -1.67. The highest BCUT2D eigenvalue weighted by atomic mass is 35.5. The lowest BCUT2D eigenvalue weighted by molar-refractivity contribution is 0.469. The van der Waals surface area contributed by atoms with Gasteiger partial charge in [0, 0.05) is 22.8 Å². The van der Waals surface area contributed by atoms with E-state index >= 15 is 0 Å². The molecule has 0 heterocycles. The number of anilines is 1. The lowest BCUT2D eigenvalue weighted by Gasteiger charge is -2.09. The van der Waals surface area contributed by atoms with E-state index in [1.807, 2.05) is 12.1 Å². The van der Waals surface area contributed by atoms with Gasteiger partial charge in [-0.3, -0.25) is 0 Å². The third kappa shape index (κ3) is 3.17. The predicted molar refractivity (Wildman–Crippen MR) is 76.3 cm³/mol. The lowest BCUT2D eigenvalue weighted by atomic mass is 10.1. The Labute approximate surface area is 112 Å². The molecule has 0 unspecified atom stereocenters. The van der Waals surface area contributed by atoms with E-state index < -0.39 is 0 Å². The van der Waals surface area contributed by atoms with Crippen LogP contribution in [0.5, 0.6) is 5.75 Å². The molecular formula is C15H16ClNO. The molecule has 2 rings (SSSR count). The first-order chi connectivity index (χ1) is 8.69. The van der Waals surface area contributed by atoms with E-state index in [0.29, 0.717) is 11.6 Å². The summed E-state index contributed by atoms with van der Waals surface area (Å²) in [6.45, 7) is 2.68. The minimum atomic E-state index is 0.261. The van der Waals surface area contributed by atoms with Crippen molar-refractivity contribution in [3.63, 3.8) is 0 Å². The van der Waals surface area contributed by atoms with Crippen molar-refractivity contribution in [2.75, 3.05) is 5.32 Å². The number of aryl methyl sites for hydroxylation is 1. The Bertz CT molecular complexity index is 523. The highest BCUT2D eigenvalue weighted by Crippen LogP contribution is 2.22. The van der Waals surface area contributed by atoms with E-state index in [1.54, 1.807) is 18.2 Å². The van der Waals surface area contributed by atoms with Crippen LogP contribution in [0.25, 0.3) is 0 Å². The van der Waals surface area contributed by atoms with Crippen molar-refractivity contribution in [1.29, 1.82) is 0 Å². The molecular weight excluding hydrogens is 246 g/mol. The largest absolute Gasteiger partial charge is 0.508 e. The van der Waals surface area contributed by atoms with Crippen molar-refractivity contribution in [3.05, 3.63) is 58.6 Å². The molecule has 0 spiro atoms. The van der Waals surface area contributed by atoms with Gasteiger partial charge >= 0.3 is 0 Å². The SMILES string of the molecule is CCc1ccc(NCc2cc(Cl)ccc2O)cc1. The van der Waals surface area contributed by atoms with Gasteiger partial charge in [-0.25, -0.2) is 0 Å². The minimum absolute atomic E-state index is 0.261. The molecule has 0 aliphatic heterocycles. The summed E-state index contributed by atoms with van der Waals surface area (Å²) in [6, 6.07) is 13.3. The van der Waals surface area contributed by atoms with E-state index in [-0.39, 0.29) is 5.75 Å². The topological polar surface area (TPSA) is 32.3 Å². The van der Waals surface area contributed by atoms with E-state index in [9.17, 15) is 5.11 Å². The summed E-state index contributed by atoms with van der Waals surface area (Å²) in [5.41, 5.74) is 3.14. The zero-order valence-corrected chi connectivity index (χ0v) is 11.0.